The second kappa shape index (κ2) is 36.6. The highest BCUT2D eigenvalue weighted by molar-refractivity contribution is 7.09. The molecule has 1 fully saturated rings. The molecule has 9 amide bonds. The number of aliphatic carboxylic acids is 1. The Hall–Kier alpha value is -7.51. The lowest BCUT2D eigenvalue weighted by Crippen LogP contribution is -2.58. The zero-order chi connectivity index (χ0) is 64.3. The summed E-state index contributed by atoms with van der Waals surface area (Å²) in [5, 5.41) is 27.8. The van der Waals surface area contributed by atoms with Crippen molar-refractivity contribution in [2.24, 2.45) is 29.4 Å². The van der Waals surface area contributed by atoms with Crippen LogP contribution in [0.25, 0.3) is 0 Å². The highest BCUT2D eigenvalue weighted by atomic mass is 32.1. The Morgan fingerprint density at radius 1 is 0.805 bits per heavy atom. The Balaban J connectivity index is 1.40. The van der Waals surface area contributed by atoms with Crippen LogP contribution in [0.3, 0.4) is 0 Å². The predicted molar refractivity (Wildman–Crippen MR) is 329 cm³/mol. The number of carbonyl (C=O) groups is 10. The van der Waals surface area contributed by atoms with Crippen LogP contribution in [-0.2, 0) is 61.0 Å². The number of rotatable bonds is 36. The minimum Gasteiger partial charge on any atom is -0.481 e. The summed E-state index contributed by atoms with van der Waals surface area (Å²) in [7, 11) is 3.63. The molecule has 3 aromatic rings. The van der Waals surface area contributed by atoms with E-state index in [4.69, 9.17) is 20.4 Å². The van der Waals surface area contributed by atoms with Gasteiger partial charge in [-0.3, -0.25) is 52.9 Å². The molecule has 4 rings (SSSR count). The molecule has 0 radical (unpaired) electrons. The number of nitrogens with one attached hydrogen (secondary N) is 7. The molecule has 0 aliphatic carbocycles. The molecule has 1 aliphatic rings. The van der Waals surface area contributed by atoms with Gasteiger partial charge in [-0.05, 0) is 106 Å². The number of hydroxylamine groups is 1. The normalized spacial score (nSPS) is 16.1. The van der Waals surface area contributed by atoms with Crippen LogP contribution in [0.4, 0.5) is 10.5 Å². The van der Waals surface area contributed by atoms with Crippen molar-refractivity contribution in [3.63, 3.8) is 0 Å². The van der Waals surface area contributed by atoms with E-state index in [9.17, 15) is 47.9 Å². The first-order chi connectivity index (χ1) is 41.3. The number of carbonyl (C=O) groups excluding carboxylic acids is 9. The van der Waals surface area contributed by atoms with Crippen molar-refractivity contribution in [1.29, 1.82) is 0 Å². The van der Waals surface area contributed by atoms with E-state index in [1.807, 2.05) is 70.0 Å². The molecular weight excluding hydrogens is 1140 g/mol. The first kappa shape index (κ1) is 72.0. The summed E-state index contributed by atoms with van der Waals surface area (Å²) in [5.74, 6) is -5.92. The number of urea groups is 1. The van der Waals surface area contributed by atoms with Gasteiger partial charge in [-0.25, -0.2) is 15.3 Å². The molecule has 25 heteroatoms. The van der Waals surface area contributed by atoms with Crippen molar-refractivity contribution < 1.29 is 62.6 Å². The summed E-state index contributed by atoms with van der Waals surface area (Å²) >= 11 is 1.15. The molecule has 0 saturated carbocycles. The lowest BCUT2D eigenvalue weighted by Gasteiger charge is -2.38. The van der Waals surface area contributed by atoms with Crippen LogP contribution in [0.15, 0.2) is 60.0 Å². The van der Waals surface area contributed by atoms with Crippen LogP contribution < -0.4 is 43.1 Å². The third-order valence-electron chi connectivity index (χ3n) is 15.5. The molecule has 1 aliphatic heterocycles. The molecule has 1 saturated heterocycles. The van der Waals surface area contributed by atoms with E-state index in [1.54, 1.807) is 62.4 Å². The van der Waals surface area contributed by atoms with Gasteiger partial charge < -0.3 is 52.4 Å². The minimum absolute atomic E-state index is 0.0479. The third-order valence-corrected chi connectivity index (χ3v) is 16.5. The first-order valence-corrected chi connectivity index (χ1v) is 31.1. The number of carboxylic acid groups (broad SMARTS) is 1. The zero-order valence-corrected chi connectivity index (χ0v) is 52.9. The van der Waals surface area contributed by atoms with Gasteiger partial charge in [-0.2, -0.15) is 0 Å². The minimum atomic E-state index is -1.05. The summed E-state index contributed by atoms with van der Waals surface area (Å²) in [6.45, 7) is 15.3. The van der Waals surface area contributed by atoms with Crippen LogP contribution in [0.5, 0.6) is 0 Å². The molecule has 0 spiro atoms. The zero-order valence-electron chi connectivity index (χ0n) is 52.1. The van der Waals surface area contributed by atoms with Gasteiger partial charge in [0.15, 0.2) is 6.10 Å². The van der Waals surface area contributed by atoms with Crippen LogP contribution in [0.2, 0.25) is 0 Å². The number of ether oxygens (including phenoxy) is 1. The standard InChI is InChI=1S/C62H93N11O13S/c1-11-39(6)54(70-58(81)48-23-16-18-31-72(48)9)61(83)73(10)49(37(2)3)34-50(86-41(8)74)60-68-47(36-87-60)57(80)66-45(33-42-20-13-12-14-21-42)32-40(7)55(78)71-85-35-43-26-28-44(29-27-43)65-56(79)46(22-15-17-30-64-62(63)84)67-59(82)53(38(4)5)69-51(75)24-19-25-52(76)77/h12-14,20-21,26-29,36-40,45-46,48-50,53-54H,11,15-19,22-25,30-35H2,1-10H3,(H,65,79)(H,66,80)(H,67,82)(H,69,75)(H,70,81)(H,71,78)(H,76,77)(H3,63,64,84). The lowest BCUT2D eigenvalue weighted by atomic mass is 9.92. The summed E-state index contributed by atoms with van der Waals surface area (Å²) in [5.41, 5.74) is 9.72. The first-order valence-electron chi connectivity index (χ1n) is 30.2. The number of carboxylic acids is 1. The Labute approximate surface area is 515 Å². The van der Waals surface area contributed by atoms with Gasteiger partial charge in [0.2, 0.25) is 35.4 Å². The van der Waals surface area contributed by atoms with Gasteiger partial charge in [0.25, 0.3) is 5.91 Å². The van der Waals surface area contributed by atoms with Gasteiger partial charge >= 0.3 is 18.0 Å². The largest absolute Gasteiger partial charge is 0.481 e. The monoisotopic (exact) mass is 1230 g/mol. The number of hydrogen-bond donors (Lipinski definition) is 9. The SMILES string of the molecule is CCC(C)C(NC(=O)C1CCCCN1C)C(=O)N(C)C(CC(OC(C)=O)c1nc(C(=O)NC(Cc2ccccc2)CC(C)C(=O)NOCc2ccc(NC(=O)C(CCCCNC(N)=O)NC(=O)C(NC(=O)CCCC(=O)O)C(C)C)cc2)cs1)C(C)C. The fraction of sp³-hybridized carbons (Fsp3) is 0.597. The molecule has 9 unspecified atom stereocenters. The maximum atomic E-state index is 14.4. The Bertz CT molecular complexity index is 2750. The van der Waals surface area contributed by atoms with Crippen LogP contribution in [0, 0.1) is 23.7 Å². The van der Waals surface area contributed by atoms with Gasteiger partial charge in [0.1, 0.15) is 28.8 Å². The highest BCUT2D eigenvalue weighted by Gasteiger charge is 2.38. The van der Waals surface area contributed by atoms with E-state index >= 15 is 0 Å². The average Bonchev–Trinajstić information content (AvgIpc) is 2.44. The number of benzene rings is 2. The Morgan fingerprint density at radius 2 is 1.51 bits per heavy atom. The predicted octanol–water partition coefficient (Wildman–Crippen LogP) is 5.91. The number of aromatic nitrogens is 1. The third kappa shape index (κ3) is 24.7. The fourth-order valence-corrected chi connectivity index (χ4v) is 11.1. The van der Waals surface area contributed by atoms with E-state index in [-0.39, 0.29) is 93.0 Å². The van der Waals surface area contributed by atoms with Gasteiger partial charge in [0, 0.05) is 68.8 Å². The molecule has 10 N–H and O–H groups in total. The fourth-order valence-electron chi connectivity index (χ4n) is 10.2. The average molecular weight is 1230 g/mol. The van der Waals surface area contributed by atoms with Crippen molar-refractivity contribution in [2.75, 3.05) is 32.5 Å². The molecule has 87 heavy (non-hydrogen) atoms. The molecule has 2 aromatic carbocycles. The number of likely N-dealkylation sites (N-methyl/N-ethyl adjacent to an activating group) is 2. The van der Waals surface area contributed by atoms with Crippen molar-refractivity contribution >= 4 is 76.3 Å². The van der Waals surface area contributed by atoms with Crippen molar-refractivity contribution in [1.82, 2.24) is 46.8 Å². The van der Waals surface area contributed by atoms with Crippen LogP contribution in [0.1, 0.15) is 165 Å². The van der Waals surface area contributed by atoms with E-state index in [0.29, 0.717) is 48.4 Å². The maximum absolute atomic E-state index is 14.4. The number of nitrogens with zero attached hydrogens (tertiary/aromatic N) is 3. The molecule has 0 bridgehead atoms. The topological polar surface area (TPSA) is 339 Å². The number of thiazole rings is 1. The van der Waals surface area contributed by atoms with Crippen molar-refractivity contribution in [3.05, 3.63) is 81.8 Å². The summed E-state index contributed by atoms with van der Waals surface area (Å²) in [4.78, 5) is 144. The number of unbranched alkanes of at least 4 members (excludes halogenated alkanes) is 1. The van der Waals surface area contributed by atoms with E-state index in [1.165, 1.54) is 6.92 Å². The quantitative estimate of drug-likeness (QED) is 0.0186. The number of likely N-dealkylation sites (tertiary alicyclic amines) is 1. The Kier molecular flexibility index (Phi) is 30.3. The smallest absolute Gasteiger partial charge is 0.312 e. The van der Waals surface area contributed by atoms with E-state index in [0.717, 1.165) is 36.3 Å². The van der Waals surface area contributed by atoms with E-state index < -0.39 is 89.7 Å². The summed E-state index contributed by atoms with van der Waals surface area (Å²) < 4.78 is 5.87. The molecule has 480 valence electrons. The molecule has 9 atom stereocenters. The number of piperidine rings is 1. The van der Waals surface area contributed by atoms with E-state index in [2.05, 4.69) is 42.4 Å². The van der Waals surface area contributed by atoms with Crippen LogP contribution >= 0.6 is 11.3 Å². The number of nitrogens with two attached hydrogens (primary N) is 1. The van der Waals surface area contributed by atoms with Gasteiger partial charge in [0.05, 0.1) is 12.6 Å². The Morgan fingerprint density at radius 3 is 2.13 bits per heavy atom. The summed E-state index contributed by atoms with van der Waals surface area (Å²) in [6, 6.07) is 11.2. The number of hydrogen-bond acceptors (Lipinski definition) is 15. The lowest BCUT2D eigenvalue weighted by molar-refractivity contribution is -0.149. The molecule has 24 nitrogen and oxygen atoms in total. The molecule has 1 aromatic heterocycles. The number of amides is 9. The molecule has 2 heterocycles. The maximum Gasteiger partial charge on any atom is 0.312 e. The highest BCUT2D eigenvalue weighted by Crippen LogP contribution is 2.31. The molecular formula is C62H93N11O13S. The number of primary amides is 1. The summed E-state index contributed by atoms with van der Waals surface area (Å²) in [6.07, 6.45) is 4.00. The number of esters is 1. The second-order valence-electron chi connectivity index (χ2n) is 23.4. The van der Waals surface area contributed by atoms with Crippen molar-refractivity contribution in [3.8, 4) is 0 Å². The second-order valence-corrected chi connectivity index (χ2v) is 24.2. The van der Waals surface area contributed by atoms with Gasteiger partial charge in [-0.1, -0.05) is 104 Å². The van der Waals surface area contributed by atoms with Crippen LogP contribution in [-0.4, -0.2) is 143 Å². The van der Waals surface area contributed by atoms with Crippen molar-refractivity contribution in [2.45, 2.75) is 188 Å². The van der Waals surface area contributed by atoms with Gasteiger partial charge in [-0.15, -0.1) is 11.3 Å². The number of anilines is 1.